The molecule has 2 rings (SSSR count). The van der Waals surface area contributed by atoms with Gasteiger partial charge < -0.3 is 15.0 Å². The Hall–Kier alpha value is -1.42. The van der Waals surface area contributed by atoms with Crippen LogP contribution in [0.15, 0.2) is 18.2 Å². The molecule has 0 aromatic heterocycles. The number of carbonyl (C=O) groups is 1. The Morgan fingerprint density at radius 2 is 2.17 bits per heavy atom. The van der Waals surface area contributed by atoms with E-state index in [-0.39, 0.29) is 6.09 Å². The second-order valence-electron chi connectivity index (χ2n) is 7.25. The summed E-state index contributed by atoms with van der Waals surface area (Å²) in [6, 6.07) is 5.89. The van der Waals surface area contributed by atoms with E-state index in [0.29, 0.717) is 5.92 Å². The Kier molecular flexibility index (Phi) is 5.79. The molecule has 0 aliphatic carbocycles. The monoisotopic (exact) mass is 338 g/mol. The number of amides is 1. The van der Waals surface area contributed by atoms with Crippen molar-refractivity contribution in [2.75, 3.05) is 25.0 Å². The second-order valence-corrected chi connectivity index (χ2v) is 7.65. The van der Waals surface area contributed by atoms with Crippen molar-refractivity contribution in [2.45, 2.75) is 46.1 Å². The van der Waals surface area contributed by atoms with E-state index in [4.69, 9.17) is 16.3 Å². The molecule has 1 aliphatic rings. The zero-order chi connectivity index (χ0) is 17.0. The SMILES string of the molecule is Cc1cccc(Cl)c1NCC1CCCN(C(=O)OC(C)(C)C)C1. The number of carbonyl (C=O) groups excluding carboxylic acids is 1. The highest BCUT2D eigenvalue weighted by atomic mass is 35.5. The molecule has 1 aromatic rings. The summed E-state index contributed by atoms with van der Waals surface area (Å²) in [6.07, 6.45) is 1.90. The topological polar surface area (TPSA) is 41.6 Å². The molecule has 1 unspecified atom stereocenters. The standard InChI is InChI=1S/C18H27ClN2O2/c1-13-7-5-9-15(19)16(13)20-11-14-8-6-10-21(12-14)17(22)23-18(2,3)4/h5,7,9,14,20H,6,8,10-12H2,1-4H3. The first-order valence-electron chi connectivity index (χ1n) is 8.23. The van der Waals surface area contributed by atoms with Gasteiger partial charge in [-0.1, -0.05) is 23.7 Å². The summed E-state index contributed by atoms with van der Waals surface area (Å²) >= 11 is 6.25. The quantitative estimate of drug-likeness (QED) is 0.868. The van der Waals surface area contributed by atoms with Crippen molar-refractivity contribution in [3.8, 4) is 0 Å². The van der Waals surface area contributed by atoms with Crippen LogP contribution in [-0.4, -0.2) is 36.2 Å². The Labute approximate surface area is 144 Å². The molecule has 128 valence electrons. The maximum Gasteiger partial charge on any atom is 0.410 e. The van der Waals surface area contributed by atoms with E-state index in [2.05, 4.69) is 5.32 Å². The van der Waals surface area contributed by atoms with Gasteiger partial charge in [0.15, 0.2) is 0 Å². The highest BCUT2D eigenvalue weighted by Crippen LogP contribution is 2.26. The smallest absolute Gasteiger partial charge is 0.410 e. The molecule has 4 nitrogen and oxygen atoms in total. The van der Waals surface area contributed by atoms with Gasteiger partial charge in [0.05, 0.1) is 10.7 Å². The number of nitrogens with one attached hydrogen (secondary N) is 1. The predicted octanol–water partition coefficient (Wildman–Crippen LogP) is 4.71. The molecule has 23 heavy (non-hydrogen) atoms. The van der Waals surface area contributed by atoms with E-state index < -0.39 is 5.60 Å². The van der Waals surface area contributed by atoms with Crippen LogP contribution in [0.1, 0.15) is 39.2 Å². The van der Waals surface area contributed by atoms with E-state index in [1.54, 1.807) is 0 Å². The van der Waals surface area contributed by atoms with Gasteiger partial charge in [-0.05, 0) is 58.1 Å². The second kappa shape index (κ2) is 7.43. The van der Waals surface area contributed by atoms with Crippen LogP contribution in [0.3, 0.4) is 0 Å². The maximum absolute atomic E-state index is 12.2. The molecule has 0 saturated carbocycles. The summed E-state index contributed by atoms with van der Waals surface area (Å²) in [5.41, 5.74) is 1.68. The third kappa shape index (κ3) is 5.31. The predicted molar refractivity (Wildman–Crippen MR) is 95.2 cm³/mol. The number of nitrogens with zero attached hydrogens (tertiary/aromatic N) is 1. The van der Waals surface area contributed by atoms with Gasteiger partial charge in [0.25, 0.3) is 0 Å². The molecule has 5 heteroatoms. The number of benzene rings is 1. The highest BCUT2D eigenvalue weighted by molar-refractivity contribution is 6.33. The van der Waals surface area contributed by atoms with Crippen LogP contribution in [0.4, 0.5) is 10.5 Å². The Bertz CT molecular complexity index is 534. The number of halogens is 1. The van der Waals surface area contributed by atoms with Crippen molar-refractivity contribution in [1.82, 2.24) is 4.90 Å². The fourth-order valence-corrected chi connectivity index (χ4v) is 3.11. The van der Waals surface area contributed by atoms with E-state index in [9.17, 15) is 4.79 Å². The average Bonchev–Trinajstić information content (AvgIpc) is 2.45. The van der Waals surface area contributed by atoms with Crippen molar-refractivity contribution in [3.05, 3.63) is 28.8 Å². The van der Waals surface area contributed by atoms with Crippen LogP contribution in [0.2, 0.25) is 5.02 Å². The summed E-state index contributed by atoms with van der Waals surface area (Å²) in [4.78, 5) is 14.0. The van der Waals surface area contributed by atoms with Crippen molar-refractivity contribution >= 4 is 23.4 Å². The highest BCUT2D eigenvalue weighted by Gasteiger charge is 2.27. The summed E-state index contributed by atoms with van der Waals surface area (Å²) < 4.78 is 5.47. The fraction of sp³-hybridized carbons (Fsp3) is 0.611. The van der Waals surface area contributed by atoms with Crippen LogP contribution in [0, 0.1) is 12.8 Å². The largest absolute Gasteiger partial charge is 0.444 e. The molecule has 1 amide bonds. The number of para-hydroxylation sites is 1. The molecule has 1 atom stereocenters. The lowest BCUT2D eigenvalue weighted by atomic mass is 9.98. The minimum Gasteiger partial charge on any atom is -0.444 e. The fourth-order valence-electron chi connectivity index (χ4n) is 2.83. The van der Waals surface area contributed by atoms with Crippen molar-refractivity contribution in [3.63, 3.8) is 0 Å². The molecular weight excluding hydrogens is 312 g/mol. The Balaban J connectivity index is 1.90. The van der Waals surface area contributed by atoms with Crippen molar-refractivity contribution in [2.24, 2.45) is 5.92 Å². The molecule has 0 spiro atoms. The molecule has 0 bridgehead atoms. The van der Waals surface area contributed by atoms with Crippen LogP contribution >= 0.6 is 11.6 Å². The number of piperidine rings is 1. The lowest BCUT2D eigenvalue weighted by Crippen LogP contribution is -2.44. The number of hydrogen-bond donors (Lipinski definition) is 1. The first kappa shape index (κ1) is 17.9. The third-order valence-corrected chi connectivity index (χ3v) is 4.28. The molecule has 1 N–H and O–H groups in total. The summed E-state index contributed by atoms with van der Waals surface area (Å²) in [7, 11) is 0. The van der Waals surface area contributed by atoms with Gasteiger partial charge in [-0.25, -0.2) is 4.79 Å². The van der Waals surface area contributed by atoms with Gasteiger partial charge in [0.2, 0.25) is 0 Å². The van der Waals surface area contributed by atoms with Gasteiger partial charge >= 0.3 is 6.09 Å². The maximum atomic E-state index is 12.2. The third-order valence-electron chi connectivity index (χ3n) is 3.96. The number of hydrogen-bond acceptors (Lipinski definition) is 3. The minimum absolute atomic E-state index is 0.212. The summed E-state index contributed by atoms with van der Waals surface area (Å²) in [6.45, 7) is 10.0. The number of ether oxygens (including phenoxy) is 1. The van der Waals surface area contributed by atoms with Crippen LogP contribution in [0.5, 0.6) is 0 Å². The summed E-state index contributed by atoms with van der Waals surface area (Å²) in [5, 5.41) is 4.19. The van der Waals surface area contributed by atoms with Crippen molar-refractivity contribution in [1.29, 1.82) is 0 Å². The van der Waals surface area contributed by atoms with Crippen LogP contribution in [0.25, 0.3) is 0 Å². The van der Waals surface area contributed by atoms with E-state index >= 15 is 0 Å². The van der Waals surface area contributed by atoms with Gasteiger partial charge in [-0.3, -0.25) is 0 Å². The van der Waals surface area contributed by atoms with Crippen LogP contribution in [-0.2, 0) is 4.74 Å². The molecule has 1 saturated heterocycles. The normalized spacial score (nSPS) is 18.7. The zero-order valence-corrected chi connectivity index (χ0v) is 15.2. The lowest BCUT2D eigenvalue weighted by Gasteiger charge is -2.34. The Morgan fingerprint density at radius 3 is 2.83 bits per heavy atom. The first-order valence-corrected chi connectivity index (χ1v) is 8.61. The Morgan fingerprint density at radius 1 is 1.43 bits per heavy atom. The summed E-state index contributed by atoms with van der Waals surface area (Å²) in [5.74, 6) is 0.409. The van der Waals surface area contributed by atoms with E-state index in [1.807, 2.05) is 50.8 Å². The van der Waals surface area contributed by atoms with E-state index in [1.165, 1.54) is 0 Å². The zero-order valence-electron chi connectivity index (χ0n) is 14.5. The first-order chi connectivity index (χ1) is 10.8. The molecular formula is C18H27ClN2O2. The molecule has 1 aliphatic heterocycles. The lowest BCUT2D eigenvalue weighted by molar-refractivity contribution is 0.0172. The number of rotatable bonds is 3. The number of anilines is 1. The van der Waals surface area contributed by atoms with Gasteiger partial charge in [-0.15, -0.1) is 0 Å². The minimum atomic E-state index is -0.447. The molecule has 0 radical (unpaired) electrons. The van der Waals surface area contributed by atoms with Gasteiger partial charge in [0.1, 0.15) is 5.60 Å². The average molecular weight is 339 g/mol. The van der Waals surface area contributed by atoms with Gasteiger partial charge in [0, 0.05) is 19.6 Å². The van der Waals surface area contributed by atoms with Crippen molar-refractivity contribution < 1.29 is 9.53 Å². The number of aryl methyl sites for hydroxylation is 1. The molecule has 1 aromatic carbocycles. The van der Waals surface area contributed by atoms with Crippen LogP contribution < -0.4 is 5.32 Å². The molecule has 1 heterocycles. The van der Waals surface area contributed by atoms with E-state index in [0.717, 1.165) is 48.7 Å². The number of likely N-dealkylation sites (tertiary alicyclic amines) is 1. The van der Waals surface area contributed by atoms with Gasteiger partial charge in [-0.2, -0.15) is 0 Å². The molecule has 1 fully saturated rings.